The standard InChI is InChI=1S/C20H18N4O2S/c1-3-24-16-7-5-4-6-15(16)17-18(24)21-20(23-22-17)27-12-13-8-10-14(11-9-13)19(25)26-2/h4-11H,3,12H2,1-2H3. The van der Waals surface area contributed by atoms with Crippen LogP contribution in [0.2, 0.25) is 0 Å². The molecule has 4 aromatic rings. The fraction of sp³-hybridized carbons (Fsp3) is 0.200. The Morgan fingerprint density at radius 3 is 2.63 bits per heavy atom. The zero-order valence-electron chi connectivity index (χ0n) is 15.0. The number of fused-ring (bicyclic) bond motifs is 3. The average Bonchev–Trinajstić information content (AvgIpc) is 3.05. The molecule has 0 radical (unpaired) electrons. The molecule has 0 bridgehead atoms. The molecule has 2 aromatic carbocycles. The van der Waals surface area contributed by atoms with Crippen LogP contribution in [0, 0.1) is 0 Å². The van der Waals surface area contributed by atoms with Crippen molar-refractivity contribution in [2.45, 2.75) is 24.4 Å². The van der Waals surface area contributed by atoms with Gasteiger partial charge < -0.3 is 9.30 Å². The van der Waals surface area contributed by atoms with Gasteiger partial charge in [0.05, 0.1) is 18.2 Å². The highest BCUT2D eigenvalue weighted by Gasteiger charge is 2.14. The van der Waals surface area contributed by atoms with Gasteiger partial charge in [-0.2, -0.15) is 0 Å². The number of rotatable bonds is 5. The van der Waals surface area contributed by atoms with Gasteiger partial charge >= 0.3 is 5.97 Å². The van der Waals surface area contributed by atoms with Crippen molar-refractivity contribution in [1.82, 2.24) is 19.7 Å². The second kappa shape index (κ2) is 7.36. The first-order valence-electron chi connectivity index (χ1n) is 8.63. The molecule has 0 saturated heterocycles. The predicted molar refractivity (Wildman–Crippen MR) is 106 cm³/mol. The zero-order chi connectivity index (χ0) is 18.8. The van der Waals surface area contributed by atoms with Crippen LogP contribution in [-0.2, 0) is 17.0 Å². The SMILES string of the molecule is CCn1c2ccccc2c2nnc(SCc3ccc(C(=O)OC)cc3)nc21. The van der Waals surface area contributed by atoms with Crippen LogP contribution in [0.1, 0.15) is 22.8 Å². The molecule has 0 fully saturated rings. The maximum Gasteiger partial charge on any atom is 0.337 e. The Balaban J connectivity index is 1.59. The molecule has 0 saturated carbocycles. The Kier molecular flexibility index (Phi) is 4.77. The second-order valence-corrected chi connectivity index (χ2v) is 6.95. The van der Waals surface area contributed by atoms with Gasteiger partial charge in [0.2, 0.25) is 5.16 Å². The number of hydrogen-bond acceptors (Lipinski definition) is 6. The number of para-hydroxylation sites is 1. The summed E-state index contributed by atoms with van der Waals surface area (Å²) in [5, 5.41) is 10.4. The van der Waals surface area contributed by atoms with Crippen molar-refractivity contribution < 1.29 is 9.53 Å². The smallest absolute Gasteiger partial charge is 0.337 e. The van der Waals surface area contributed by atoms with Gasteiger partial charge in [0.15, 0.2) is 5.65 Å². The van der Waals surface area contributed by atoms with Gasteiger partial charge in [0.25, 0.3) is 0 Å². The van der Waals surface area contributed by atoms with Crippen LogP contribution in [0.15, 0.2) is 53.7 Å². The minimum Gasteiger partial charge on any atom is -0.465 e. The lowest BCUT2D eigenvalue weighted by atomic mass is 10.1. The average molecular weight is 378 g/mol. The largest absolute Gasteiger partial charge is 0.465 e. The number of nitrogens with zero attached hydrogens (tertiary/aromatic N) is 4. The monoisotopic (exact) mass is 378 g/mol. The van der Waals surface area contributed by atoms with Crippen molar-refractivity contribution in [3.63, 3.8) is 0 Å². The van der Waals surface area contributed by atoms with Crippen molar-refractivity contribution in [2.24, 2.45) is 0 Å². The van der Waals surface area contributed by atoms with Gasteiger partial charge in [0, 0.05) is 17.7 Å². The fourth-order valence-corrected chi connectivity index (χ4v) is 3.81. The minimum atomic E-state index is -0.334. The van der Waals surface area contributed by atoms with Crippen molar-refractivity contribution >= 4 is 39.8 Å². The minimum absolute atomic E-state index is 0.334. The van der Waals surface area contributed by atoms with Gasteiger partial charge in [-0.1, -0.05) is 42.1 Å². The van der Waals surface area contributed by atoms with Crippen LogP contribution >= 0.6 is 11.8 Å². The van der Waals surface area contributed by atoms with E-state index < -0.39 is 0 Å². The molecule has 4 rings (SSSR count). The van der Waals surface area contributed by atoms with E-state index in [0.29, 0.717) is 16.5 Å². The zero-order valence-corrected chi connectivity index (χ0v) is 15.9. The number of methoxy groups -OCH3 is 1. The van der Waals surface area contributed by atoms with Gasteiger partial charge in [-0.15, -0.1) is 10.2 Å². The Hall–Kier alpha value is -2.93. The maximum atomic E-state index is 11.5. The lowest BCUT2D eigenvalue weighted by Gasteiger charge is -2.04. The molecule has 0 atom stereocenters. The number of thioether (sulfide) groups is 1. The van der Waals surface area contributed by atoms with Crippen LogP contribution < -0.4 is 0 Å². The molecule has 6 nitrogen and oxygen atoms in total. The quantitative estimate of drug-likeness (QED) is 0.385. The normalized spacial score (nSPS) is 11.2. The Morgan fingerprint density at radius 2 is 1.89 bits per heavy atom. The third-order valence-corrected chi connectivity index (χ3v) is 5.32. The van der Waals surface area contributed by atoms with E-state index in [0.717, 1.165) is 34.2 Å². The lowest BCUT2D eigenvalue weighted by Crippen LogP contribution is -2.01. The number of aromatic nitrogens is 4. The molecule has 7 heteroatoms. The molecule has 0 aliphatic heterocycles. The van der Waals surface area contributed by atoms with E-state index in [4.69, 9.17) is 9.72 Å². The molecule has 0 spiro atoms. The van der Waals surface area contributed by atoms with Crippen molar-refractivity contribution in [3.05, 3.63) is 59.7 Å². The highest BCUT2D eigenvalue weighted by Crippen LogP contribution is 2.27. The number of carbonyl (C=O) groups excluding carboxylic acids is 1. The summed E-state index contributed by atoms with van der Waals surface area (Å²) in [5.74, 6) is 0.362. The topological polar surface area (TPSA) is 69.9 Å². The summed E-state index contributed by atoms with van der Waals surface area (Å²) in [4.78, 5) is 16.2. The molecular weight excluding hydrogens is 360 g/mol. The third-order valence-electron chi connectivity index (χ3n) is 4.41. The molecule has 27 heavy (non-hydrogen) atoms. The number of carbonyl (C=O) groups is 1. The third kappa shape index (κ3) is 3.26. The van der Waals surface area contributed by atoms with Gasteiger partial charge in [-0.3, -0.25) is 0 Å². The van der Waals surface area contributed by atoms with Crippen LogP contribution in [0.4, 0.5) is 0 Å². The fourth-order valence-electron chi connectivity index (χ4n) is 3.07. The van der Waals surface area contributed by atoms with E-state index in [9.17, 15) is 4.79 Å². The van der Waals surface area contributed by atoms with Crippen molar-refractivity contribution in [1.29, 1.82) is 0 Å². The molecule has 0 aliphatic carbocycles. The summed E-state index contributed by atoms with van der Waals surface area (Å²) >= 11 is 1.52. The summed E-state index contributed by atoms with van der Waals surface area (Å²) in [5.41, 5.74) is 4.43. The molecule has 2 aromatic heterocycles. The molecular formula is C20H18N4O2S. The summed E-state index contributed by atoms with van der Waals surface area (Å²) in [6, 6.07) is 15.5. The lowest BCUT2D eigenvalue weighted by molar-refractivity contribution is 0.0600. The van der Waals surface area contributed by atoms with E-state index in [-0.39, 0.29) is 5.97 Å². The molecule has 2 heterocycles. The number of aryl methyl sites for hydroxylation is 1. The number of benzene rings is 2. The van der Waals surface area contributed by atoms with Crippen molar-refractivity contribution in [3.8, 4) is 0 Å². The first-order valence-corrected chi connectivity index (χ1v) is 9.61. The van der Waals surface area contributed by atoms with E-state index in [2.05, 4.69) is 33.8 Å². The number of hydrogen-bond donors (Lipinski definition) is 0. The van der Waals surface area contributed by atoms with Crippen molar-refractivity contribution in [2.75, 3.05) is 7.11 Å². The maximum absolute atomic E-state index is 11.5. The first kappa shape index (κ1) is 17.5. The van der Waals surface area contributed by atoms with Gasteiger partial charge in [0.1, 0.15) is 5.52 Å². The Morgan fingerprint density at radius 1 is 1.11 bits per heavy atom. The van der Waals surface area contributed by atoms with Gasteiger partial charge in [-0.05, 0) is 30.7 Å². The molecule has 136 valence electrons. The first-order chi connectivity index (χ1) is 13.2. The molecule has 0 N–H and O–H groups in total. The number of ether oxygens (including phenoxy) is 1. The van der Waals surface area contributed by atoms with E-state index in [1.54, 1.807) is 12.1 Å². The molecule has 0 aliphatic rings. The second-order valence-electron chi connectivity index (χ2n) is 6.01. The highest BCUT2D eigenvalue weighted by atomic mass is 32.2. The summed E-state index contributed by atoms with van der Waals surface area (Å²) in [7, 11) is 1.38. The molecule has 0 unspecified atom stereocenters. The van der Waals surface area contributed by atoms with Gasteiger partial charge in [-0.25, -0.2) is 9.78 Å². The summed E-state index contributed by atoms with van der Waals surface area (Å²) in [6.45, 7) is 2.92. The predicted octanol–water partition coefficient (Wildman–Crippen LogP) is 4.08. The van der Waals surface area contributed by atoms with Crippen LogP contribution in [-0.4, -0.2) is 32.8 Å². The number of esters is 1. The molecule has 0 amide bonds. The summed E-state index contributed by atoms with van der Waals surface area (Å²) < 4.78 is 6.88. The highest BCUT2D eigenvalue weighted by molar-refractivity contribution is 7.98. The van der Waals surface area contributed by atoms with Crippen LogP contribution in [0.3, 0.4) is 0 Å². The Bertz CT molecular complexity index is 1120. The summed E-state index contributed by atoms with van der Waals surface area (Å²) in [6.07, 6.45) is 0. The van der Waals surface area contributed by atoms with E-state index >= 15 is 0 Å². The van der Waals surface area contributed by atoms with E-state index in [1.807, 2.05) is 24.3 Å². The Labute approximate surface area is 160 Å². The van der Waals surface area contributed by atoms with Crippen LogP contribution in [0.25, 0.3) is 22.1 Å². The van der Waals surface area contributed by atoms with Crippen LogP contribution in [0.5, 0.6) is 0 Å². The van der Waals surface area contributed by atoms with E-state index in [1.165, 1.54) is 18.9 Å².